The van der Waals surface area contributed by atoms with Gasteiger partial charge in [-0.3, -0.25) is 4.79 Å². The van der Waals surface area contributed by atoms with Crippen molar-refractivity contribution in [1.29, 1.82) is 0 Å². The average molecular weight is 351 g/mol. The quantitative estimate of drug-likeness (QED) is 0.765. The summed E-state index contributed by atoms with van der Waals surface area (Å²) >= 11 is 0. The van der Waals surface area contributed by atoms with Gasteiger partial charge in [0.05, 0.1) is 17.6 Å². The molecule has 1 aliphatic rings. The number of benzene rings is 2. The first-order valence-corrected chi connectivity index (χ1v) is 8.20. The molecule has 0 atom stereocenters. The number of carbonyl (C=O) groups excluding carboxylic acids is 1. The molecule has 0 bridgehead atoms. The van der Waals surface area contributed by atoms with E-state index in [-0.39, 0.29) is 11.4 Å². The number of aromatic nitrogens is 1. The van der Waals surface area contributed by atoms with Crippen molar-refractivity contribution in [2.75, 3.05) is 16.8 Å². The molecule has 1 amide bonds. The molecule has 0 fully saturated rings. The normalized spacial score (nSPS) is 12.8. The third-order valence-corrected chi connectivity index (χ3v) is 4.36. The third kappa shape index (κ3) is 3.01. The summed E-state index contributed by atoms with van der Waals surface area (Å²) in [6, 6.07) is 14.5. The SMILES string of the molecule is O=C(Nc1ccc(F)cc1F)c1ccc(N2CCc3ccccc32)cn1. The van der Waals surface area contributed by atoms with Crippen LogP contribution in [0.25, 0.3) is 0 Å². The Morgan fingerprint density at radius 3 is 2.69 bits per heavy atom. The maximum Gasteiger partial charge on any atom is 0.274 e. The number of rotatable bonds is 3. The monoisotopic (exact) mass is 351 g/mol. The van der Waals surface area contributed by atoms with Gasteiger partial charge in [-0.15, -0.1) is 0 Å². The molecule has 0 saturated heterocycles. The largest absolute Gasteiger partial charge is 0.340 e. The van der Waals surface area contributed by atoms with Crippen LogP contribution in [0.5, 0.6) is 0 Å². The van der Waals surface area contributed by atoms with Crippen LogP contribution in [0.15, 0.2) is 60.8 Å². The average Bonchev–Trinajstić information content (AvgIpc) is 3.08. The van der Waals surface area contributed by atoms with E-state index in [4.69, 9.17) is 0 Å². The molecular weight excluding hydrogens is 336 g/mol. The van der Waals surface area contributed by atoms with Crippen molar-refractivity contribution < 1.29 is 13.6 Å². The summed E-state index contributed by atoms with van der Waals surface area (Å²) in [7, 11) is 0. The van der Waals surface area contributed by atoms with Crippen molar-refractivity contribution in [3.63, 3.8) is 0 Å². The van der Waals surface area contributed by atoms with E-state index in [0.29, 0.717) is 0 Å². The molecule has 0 spiro atoms. The molecule has 0 saturated carbocycles. The van der Waals surface area contributed by atoms with Crippen LogP contribution in [0.2, 0.25) is 0 Å². The number of nitrogens with zero attached hydrogens (tertiary/aromatic N) is 2. The lowest BCUT2D eigenvalue weighted by molar-refractivity contribution is 0.102. The summed E-state index contributed by atoms with van der Waals surface area (Å²) in [4.78, 5) is 18.6. The highest BCUT2D eigenvalue weighted by Crippen LogP contribution is 2.33. The fourth-order valence-corrected chi connectivity index (χ4v) is 3.06. The first-order chi connectivity index (χ1) is 12.6. The number of carbonyl (C=O) groups is 1. The number of pyridine rings is 1. The van der Waals surface area contributed by atoms with Gasteiger partial charge in [-0.1, -0.05) is 18.2 Å². The Balaban J connectivity index is 1.52. The van der Waals surface area contributed by atoms with Gasteiger partial charge in [-0.2, -0.15) is 0 Å². The Bertz CT molecular complexity index is 973. The smallest absolute Gasteiger partial charge is 0.274 e. The molecule has 4 nitrogen and oxygen atoms in total. The van der Waals surface area contributed by atoms with E-state index in [1.807, 2.05) is 18.2 Å². The lowest BCUT2D eigenvalue weighted by Crippen LogP contribution is -2.17. The fraction of sp³-hybridized carbons (Fsp3) is 0.100. The fourth-order valence-electron chi connectivity index (χ4n) is 3.06. The summed E-state index contributed by atoms with van der Waals surface area (Å²) < 4.78 is 26.6. The second kappa shape index (κ2) is 6.55. The topological polar surface area (TPSA) is 45.2 Å². The van der Waals surface area contributed by atoms with Gasteiger partial charge >= 0.3 is 0 Å². The Labute approximate surface area is 149 Å². The van der Waals surface area contributed by atoms with Crippen LogP contribution in [0.3, 0.4) is 0 Å². The van der Waals surface area contributed by atoms with Crippen LogP contribution in [0.4, 0.5) is 25.8 Å². The molecule has 0 aliphatic carbocycles. The van der Waals surface area contributed by atoms with Gasteiger partial charge in [-0.05, 0) is 42.3 Å². The van der Waals surface area contributed by atoms with Crippen molar-refractivity contribution in [3.05, 3.63) is 83.7 Å². The summed E-state index contributed by atoms with van der Waals surface area (Å²) in [5.74, 6) is -2.08. The van der Waals surface area contributed by atoms with Gasteiger partial charge in [0.25, 0.3) is 5.91 Å². The van der Waals surface area contributed by atoms with Crippen molar-refractivity contribution in [2.45, 2.75) is 6.42 Å². The predicted octanol–water partition coefficient (Wildman–Crippen LogP) is 4.31. The molecule has 1 aliphatic heterocycles. The van der Waals surface area contributed by atoms with Gasteiger partial charge in [0.1, 0.15) is 17.3 Å². The number of halogens is 2. The highest BCUT2D eigenvalue weighted by atomic mass is 19.1. The van der Waals surface area contributed by atoms with Crippen molar-refractivity contribution in [1.82, 2.24) is 4.98 Å². The zero-order valence-corrected chi connectivity index (χ0v) is 13.7. The predicted molar refractivity (Wildman–Crippen MR) is 95.7 cm³/mol. The van der Waals surface area contributed by atoms with Crippen molar-refractivity contribution >= 4 is 23.0 Å². The molecular formula is C20H15F2N3O. The molecule has 4 rings (SSSR count). The zero-order chi connectivity index (χ0) is 18.1. The summed E-state index contributed by atoms with van der Waals surface area (Å²) in [6.07, 6.45) is 2.58. The molecule has 0 radical (unpaired) electrons. The van der Waals surface area contributed by atoms with Crippen LogP contribution >= 0.6 is 0 Å². The minimum absolute atomic E-state index is 0.0873. The minimum Gasteiger partial charge on any atom is -0.340 e. The van der Waals surface area contributed by atoms with Crippen molar-refractivity contribution in [2.24, 2.45) is 0 Å². The number of anilines is 3. The molecule has 0 unspecified atom stereocenters. The Hall–Kier alpha value is -3.28. The van der Waals surface area contributed by atoms with E-state index in [0.717, 1.165) is 36.5 Å². The van der Waals surface area contributed by atoms with E-state index in [2.05, 4.69) is 27.3 Å². The molecule has 6 heteroatoms. The standard InChI is InChI=1S/C20H15F2N3O/c21-14-5-7-17(16(22)11-14)24-20(26)18-8-6-15(12-23-18)25-10-9-13-3-1-2-4-19(13)25/h1-8,11-12H,9-10H2,(H,24,26). The van der Waals surface area contributed by atoms with Crippen molar-refractivity contribution in [3.8, 4) is 0 Å². The maximum absolute atomic E-state index is 13.7. The van der Waals surface area contributed by atoms with Crippen LogP contribution in [-0.2, 0) is 6.42 Å². The molecule has 130 valence electrons. The number of hydrogen-bond acceptors (Lipinski definition) is 3. The number of hydrogen-bond donors (Lipinski definition) is 1. The van der Waals surface area contributed by atoms with E-state index in [1.54, 1.807) is 12.3 Å². The molecule has 3 aromatic rings. The van der Waals surface area contributed by atoms with E-state index in [9.17, 15) is 13.6 Å². The van der Waals surface area contributed by atoms with Crippen LogP contribution in [0, 0.1) is 11.6 Å². The first-order valence-electron chi connectivity index (χ1n) is 8.20. The molecule has 1 aromatic heterocycles. The van der Waals surface area contributed by atoms with Crippen LogP contribution in [0.1, 0.15) is 16.1 Å². The van der Waals surface area contributed by atoms with Crippen LogP contribution < -0.4 is 10.2 Å². The number of para-hydroxylation sites is 1. The second-order valence-electron chi connectivity index (χ2n) is 6.01. The maximum atomic E-state index is 13.7. The number of nitrogens with one attached hydrogen (secondary N) is 1. The summed E-state index contributed by atoms with van der Waals surface area (Å²) in [6.45, 7) is 0.855. The van der Waals surface area contributed by atoms with Gasteiger partial charge < -0.3 is 10.2 Å². The highest BCUT2D eigenvalue weighted by molar-refractivity contribution is 6.03. The third-order valence-electron chi connectivity index (χ3n) is 4.36. The molecule has 1 N–H and O–H groups in total. The lowest BCUT2D eigenvalue weighted by atomic mass is 10.2. The Morgan fingerprint density at radius 2 is 1.92 bits per heavy atom. The van der Waals surface area contributed by atoms with Gasteiger partial charge in [0, 0.05) is 18.3 Å². The summed E-state index contributed by atoms with van der Waals surface area (Å²) in [5, 5.41) is 2.40. The molecule has 26 heavy (non-hydrogen) atoms. The Kier molecular flexibility index (Phi) is 4.08. The minimum atomic E-state index is -0.830. The number of amides is 1. The first kappa shape index (κ1) is 16.2. The zero-order valence-electron chi connectivity index (χ0n) is 13.7. The van der Waals surface area contributed by atoms with Gasteiger partial charge in [-0.25, -0.2) is 13.8 Å². The second-order valence-corrected chi connectivity index (χ2v) is 6.01. The molecule has 2 aromatic carbocycles. The van der Waals surface area contributed by atoms with E-state index >= 15 is 0 Å². The van der Waals surface area contributed by atoms with Crippen LogP contribution in [-0.4, -0.2) is 17.4 Å². The van der Waals surface area contributed by atoms with Gasteiger partial charge in [0.15, 0.2) is 0 Å². The van der Waals surface area contributed by atoms with E-state index in [1.165, 1.54) is 11.6 Å². The van der Waals surface area contributed by atoms with E-state index < -0.39 is 17.5 Å². The van der Waals surface area contributed by atoms with Gasteiger partial charge in [0.2, 0.25) is 0 Å². The molecule has 2 heterocycles. The lowest BCUT2D eigenvalue weighted by Gasteiger charge is -2.19. The highest BCUT2D eigenvalue weighted by Gasteiger charge is 2.20. The number of fused-ring (bicyclic) bond motifs is 1. The Morgan fingerprint density at radius 1 is 1.08 bits per heavy atom. The summed E-state index contributed by atoms with van der Waals surface area (Å²) in [5.41, 5.74) is 3.38.